The number of carbonyl (C=O) groups is 2. The molecule has 3 atom stereocenters. The van der Waals surface area contributed by atoms with Crippen LogP contribution in [0.1, 0.15) is 75.2 Å². The smallest absolute Gasteiger partial charge is 0.271 e. The zero-order valence-electron chi connectivity index (χ0n) is 19.9. The lowest BCUT2D eigenvalue weighted by Gasteiger charge is -2.36. The van der Waals surface area contributed by atoms with Gasteiger partial charge in [0.15, 0.2) is 0 Å². The number of amides is 2. The van der Waals surface area contributed by atoms with Gasteiger partial charge in [-0.25, -0.2) is 8.78 Å². The molecule has 0 bridgehead atoms. The van der Waals surface area contributed by atoms with Gasteiger partial charge in [0.05, 0.1) is 11.9 Å². The lowest BCUT2D eigenvalue weighted by Crippen LogP contribution is -2.47. The van der Waals surface area contributed by atoms with Crippen molar-refractivity contribution in [1.82, 2.24) is 20.8 Å². The van der Waals surface area contributed by atoms with Crippen LogP contribution in [0.15, 0.2) is 6.20 Å². The number of carbonyl (C=O) groups excluding carboxylic acids is 2. The molecule has 4 N–H and O–H groups in total. The molecule has 190 valence electrons. The van der Waals surface area contributed by atoms with Crippen LogP contribution >= 0.6 is 0 Å². The highest BCUT2D eigenvalue weighted by atomic mass is 19.2. The summed E-state index contributed by atoms with van der Waals surface area (Å²) >= 11 is 0. The van der Waals surface area contributed by atoms with Crippen molar-refractivity contribution >= 4 is 17.5 Å². The molecule has 2 heterocycles. The minimum atomic E-state index is -1.92. The molecule has 10 heteroatoms. The second-order valence-corrected chi connectivity index (χ2v) is 10.3. The molecule has 3 aliphatic rings. The molecule has 0 radical (unpaired) electrons. The van der Waals surface area contributed by atoms with Gasteiger partial charge in [-0.2, -0.15) is 5.10 Å². The van der Waals surface area contributed by atoms with Crippen molar-refractivity contribution in [1.29, 1.82) is 0 Å². The topological polar surface area (TPSA) is 108 Å². The monoisotopic (exact) mass is 481 g/mol. The predicted octanol–water partition coefficient (Wildman–Crippen LogP) is 3.27. The molecule has 8 nitrogen and oxygen atoms in total. The molecule has 0 spiro atoms. The third kappa shape index (κ3) is 6.13. The molecule has 1 aromatic heterocycles. The molecule has 1 aliphatic heterocycles. The number of hydrogen-bond acceptors (Lipinski definition) is 5. The van der Waals surface area contributed by atoms with Crippen molar-refractivity contribution in [3.63, 3.8) is 0 Å². The van der Waals surface area contributed by atoms with E-state index in [4.69, 9.17) is 4.74 Å². The van der Waals surface area contributed by atoms with Gasteiger partial charge in [-0.3, -0.25) is 14.7 Å². The molecule has 2 aliphatic carbocycles. The summed E-state index contributed by atoms with van der Waals surface area (Å²) in [5.41, 5.74) is -1.68. The maximum Gasteiger partial charge on any atom is 0.271 e. The number of alkyl halides is 2. The van der Waals surface area contributed by atoms with Crippen LogP contribution in [0, 0.1) is 11.8 Å². The molecule has 0 aromatic carbocycles. The quantitative estimate of drug-likeness (QED) is 0.478. The molecule has 1 aromatic rings. The summed E-state index contributed by atoms with van der Waals surface area (Å²) in [7, 11) is 0. The summed E-state index contributed by atoms with van der Waals surface area (Å²) in [6, 6.07) is 0.582. The number of H-pyrrole nitrogens is 1. The zero-order chi connectivity index (χ0) is 24.1. The fraction of sp³-hybridized carbons (Fsp3) is 0.792. The zero-order valence-corrected chi connectivity index (χ0v) is 19.9. The first-order valence-corrected chi connectivity index (χ1v) is 12.6. The molecule has 1 saturated heterocycles. The summed E-state index contributed by atoms with van der Waals surface area (Å²) in [5, 5.41) is 15.7. The first-order chi connectivity index (χ1) is 16.3. The van der Waals surface area contributed by atoms with Crippen molar-refractivity contribution in [2.45, 2.75) is 88.6 Å². The van der Waals surface area contributed by atoms with Gasteiger partial charge < -0.3 is 20.7 Å². The molecule has 3 fully saturated rings. The number of anilines is 1. The van der Waals surface area contributed by atoms with Gasteiger partial charge in [-0.1, -0.05) is 0 Å². The molecule has 2 amide bonds. The number of rotatable bonds is 7. The highest BCUT2D eigenvalue weighted by molar-refractivity contribution is 6.03. The van der Waals surface area contributed by atoms with Crippen LogP contribution in [0.5, 0.6) is 0 Å². The van der Waals surface area contributed by atoms with E-state index in [2.05, 4.69) is 26.1 Å². The van der Waals surface area contributed by atoms with E-state index in [-0.39, 0.29) is 36.2 Å². The van der Waals surface area contributed by atoms with Gasteiger partial charge >= 0.3 is 0 Å². The Morgan fingerprint density at radius 2 is 1.88 bits per heavy atom. The van der Waals surface area contributed by atoms with Gasteiger partial charge in [0.2, 0.25) is 5.91 Å². The Morgan fingerprint density at radius 1 is 1.15 bits per heavy atom. The van der Waals surface area contributed by atoms with E-state index < -0.39 is 23.7 Å². The predicted molar refractivity (Wildman–Crippen MR) is 124 cm³/mol. The van der Waals surface area contributed by atoms with Crippen molar-refractivity contribution in [2.75, 3.05) is 25.1 Å². The average Bonchev–Trinajstić information content (AvgIpc) is 3.27. The van der Waals surface area contributed by atoms with Crippen LogP contribution in [0.4, 0.5) is 14.5 Å². The number of halogens is 2. The van der Waals surface area contributed by atoms with E-state index in [0.29, 0.717) is 18.4 Å². The summed E-state index contributed by atoms with van der Waals surface area (Å²) in [6.45, 7) is 3.91. The highest BCUT2D eigenvalue weighted by Gasteiger charge is 2.47. The summed E-state index contributed by atoms with van der Waals surface area (Å²) in [5.74, 6) is -1.94. The number of aromatic amines is 1. The highest BCUT2D eigenvalue weighted by Crippen LogP contribution is 2.39. The minimum Gasteiger partial charge on any atom is -0.381 e. The number of nitrogens with zero attached hydrogens (tertiary/aromatic N) is 1. The van der Waals surface area contributed by atoms with Crippen molar-refractivity contribution in [2.24, 2.45) is 11.8 Å². The first-order valence-electron chi connectivity index (χ1n) is 12.6. The van der Waals surface area contributed by atoms with E-state index in [0.717, 1.165) is 58.3 Å². The second-order valence-electron chi connectivity index (χ2n) is 10.3. The van der Waals surface area contributed by atoms with Gasteiger partial charge in [-0.15, -0.1) is 0 Å². The summed E-state index contributed by atoms with van der Waals surface area (Å²) < 4.78 is 34.6. The summed E-state index contributed by atoms with van der Waals surface area (Å²) in [4.78, 5) is 25.5. The van der Waals surface area contributed by atoms with Gasteiger partial charge in [0.1, 0.15) is 23.5 Å². The molecule has 34 heavy (non-hydrogen) atoms. The Balaban J connectivity index is 1.25. The Bertz CT molecular complexity index is 834. The van der Waals surface area contributed by atoms with Crippen LogP contribution in [-0.4, -0.2) is 65.7 Å². The Hall–Kier alpha value is -2.07. The maximum atomic E-state index is 14.8. The van der Waals surface area contributed by atoms with Crippen LogP contribution in [0.3, 0.4) is 0 Å². The number of ether oxygens (including phenoxy) is 1. The Morgan fingerprint density at radius 3 is 2.59 bits per heavy atom. The number of nitrogens with one attached hydrogen (secondary N) is 4. The average molecular weight is 482 g/mol. The fourth-order valence-electron chi connectivity index (χ4n) is 5.55. The summed E-state index contributed by atoms with van der Waals surface area (Å²) in [6.07, 6.45) is 6.40. The third-order valence-electron chi connectivity index (χ3n) is 7.66. The lowest BCUT2D eigenvalue weighted by molar-refractivity contribution is -0.130. The Kier molecular flexibility index (Phi) is 8.18. The molecule has 4 rings (SSSR count). The van der Waals surface area contributed by atoms with Crippen LogP contribution in [-0.2, 0) is 9.53 Å². The SMILES string of the molecule is C[C@@]1(F)CCCC(F)C1C(=O)Nc1cn[nH]c1C(=O)NC1CCC(CNC2CCOCC2)CC1. The first kappa shape index (κ1) is 25.0. The maximum absolute atomic E-state index is 14.8. The minimum absolute atomic E-state index is 0.0429. The fourth-order valence-corrected chi connectivity index (χ4v) is 5.55. The molecular weight excluding hydrogens is 444 g/mol. The molecule has 2 saturated carbocycles. The van der Waals surface area contributed by atoms with E-state index in [1.165, 1.54) is 13.1 Å². The van der Waals surface area contributed by atoms with Crippen LogP contribution in [0.2, 0.25) is 0 Å². The number of aromatic nitrogens is 2. The largest absolute Gasteiger partial charge is 0.381 e. The van der Waals surface area contributed by atoms with Gasteiger partial charge in [0, 0.05) is 25.3 Å². The van der Waals surface area contributed by atoms with Crippen LogP contribution in [0.25, 0.3) is 0 Å². The standard InChI is InChI=1S/C24H37F2N5O3/c1-24(26)10-2-3-18(25)20(24)22(32)30-19-14-28-31-21(19)23(33)29-17-6-4-15(5-7-17)13-27-16-8-11-34-12-9-16/h14-18,20,27H,2-13H2,1H3,(H,28,31)(H,29,33)(H,30,32)/t15?,17?,18?,20?,24-/m1/s1. The van der Waals surface area contributed by atoms with E-state index in [9.17, 15) is 18.4 Å². The third-order valence-corrected chi connectivity index (χ3v) is 7.66. The van der Waals surface area contributed by atoms with E-state index in [1.54, 1.807) is 0 Å². The van der Waals surface area contributed by atoms with Gasteiger partial charge in [-0.05, 0) is 77.2 Å². The Labute approximate surface area is 199 Å². The van der Waals surface area contributed by atoms with Gasteiger partial charge in [0.25, 0.3) is 5.91 Å². The van der Waals surface area contributed by atoms with E-state index >= 15 is 0 Å². The van der Waals surface area contributed by atoms with Crippen molar-refractivity contribution in [3.8, 4) is 0 Å². The van der Waals surface area contributed by atoms with Crippen molar-refractivity contribution in [3.05, 3.63) is 11.9 Å². The molecular formula is C24H37F2N5O3. The van der Waals surface area contributed by atoms with Crippen LogP contribution < -0.4 is 16.0 Å². The second kappa shape index (κ2) is 11.1. The number of hydrogen-bond donors (Lipinski definition) is 4. The molecule has 2 unspecified atom stereocenters. The lowest BCUT2D eigenvalue weighted by atomic mass is 9.76. The van der Waals surface area contributed by atoms with Crippen molar-refractivity contribution < 1.29 is 23.1 Å². The normalized spacial score (nSPS) is 32.8. The van der Waals surface area contributed by atoms with E-state index in [1.807, 2.05) is 0 Å².